The van der Waals surface area contributed by atoms with Gasteiger partial charge in [-0.2, -0.15) is 0 Å². The number of aromatic nitrogens is 5. The third kappa shape index (κ3) is 3.95. The van der Waals surface area contributed by atoms with Crippen molar-refractivity contribution in [2.75, 3.05) is 10.5 Å². The van der Waals surface area contributed by atoms with Crippen LogP contribution in [0.4, 0.5) is 11.5 Å². The van der Waals surface area contributed by atoms with Gasteiger partial charge in [0, 0.05) is 22.8 Å². The second kappa shape index (κ2) is 8.65. The van der Waals surface area contributed by atoms with Crippen LogP contribution in [0.3, 0.4) is 0 Å². The number of nitrogens with one attached hydrogen (secondary N) is 2. The number of nitrogens with zero attached hydrogens (tertiary/aromatic N) is 4. The number of rotatable bonds is 5. The van der Waals surface area contributed by atoms with E-state index in [4.69, 9.17) is 33.9 Å². The molecule has 9 nitrogen and oxygen atoms in total. The van der Waals surface area contributed by atoms with Crippen molar-refractivity contribution in [1.29, 1.82) is 0 Å². The Balaban J connectivity index is 1.39. The van der Waals surface area contributed by atoms with Gasteiger partial charge in [-0.15, -0.1) is 0 Å². The highest BCUT2D eigenvalue weighted by Gasteiger charge is 2.24. The standard InChI is InChI=1S/C24H21Cl2N7O2S/c25-13-5-8-20(17(26)9-13)36(34,35)32-14-6-7-18-19(10-14)31-23(30-18)16-11-33(15-3-1-2-4-15)24-21(16)22(27)28-12-29-24/h5-12,15,32H,1-4H2,(H,30,31)(H2,27,28,29). The Morgan fingerprint density at radius 1 is 1.08 bits per heavy atom. The number of halogens is 2. The highest BCUT2D eigenvalue weighted by molar-refractivity contribution is 7.92. The minimum absolute atomic E-state index is 0.0402. The normalized spacial score (nSPS) is 14.7. The highest BCUT2D eigenvalue weighted by Crippen LogP contribution is 2.38. The molecule has 1 aliphatic rings. The van der Waals surface area contributed by atoms with E-state index in [1.807, 2.05) is 6.20 Å². The predicted molar refractivity (Wildman–Crippen MR) is 142 cm³/mol. The lowest BCUT2D eigenvalue weighted by atomic mass is 10.2. The molecule has 3 aromatic heterocycles. The maximum Gasteiger partial charge on any atom is 0.263 e. The molecule has 1 fully saturated rings. The van der Waals surface area contributed by atoms with Crippen LogP contribution in [-0.2, 0) is 10.0 Å². The number of nitrogens with two attached hydrogens (primary N) is 1. The lowest BCUT2D eigenvalue weighted by Gasteiger charge is -2.12. The predicted octanol–water partition coefficient (Wildman–Crippen LogP) is 5.78. The summed E-state index contributed by atoms with van der Waals surface area (Å²) in [6, 6.07) is 9.67. The summed E-state index contributed by atoms with van der Waals surface area (Å²) >= 11 is 12.0. The van der Waals surface area contributed by atoms with Gasteiger partial charge >= 0.3 is 0 Å². The first-order valence-electron chi connectivity index (χ1n) is 11.4. The third-order valence-corrected chi connectivity index (χ3v) is 8.63. The second-order valence-corrected chi connectivity index (χ2v) is 11.3. The second-order valence-electron chi connectivity index (χ2n) is 8.84. The van der Waals surface area contributed by atoms with Crippen molar-refractivity contribution in [2.45, 2.75) is 36.6 Å². The van der Waals surface area contributed by atoms with E-state index in [2.05, 4.69) is 24.2 Å². The van der Waals surface area contributed by atoms with Crippen LogP contribution in [0, 0.1) is 0 Å². The van der Waals surface area contributed by atoms with Gasteiger partial charge in [0.25, 0.3) is 10.0 Å². The van der Waals surface area contributed by atoms with Gasteiger partial charge in [-0.1, -0.05) is 36.0 Å². The highest BCUT2D eigenvalue weighted by atomic mass is 35.5. The Morgan fingerprint density at radius 2 is 1.89 bits per heavy atom. The summed E-state index contributed by atoms with van der Waals surface area (Å²) in [7, 11) is -3.93. The van der Waals surface area contributed by atoms with Crippen molar-refractivity contribution in [1.82, 2.24) is 24.5 Å². The molecule has 0 atom stereocenters. The number of aromatic amines is 1. The quantitative estimate of drug-likeness (QED) is 0.258. The first kappa shape index (κ1) is 23.1. The van der Waals surface area contributed by atoms with E-state index in [0.29, 0.717) is 39.4 Å². The zero-order valence-electron chi connectivity index (χ0n) is 18.9. The van der Waals surface area contributed by atoms with E-state index in [-0.39, 0.29) is 9.92 Å². The molecular formula is C24H21Cl2N7O2S. The minimum atomic E-state index is -3.93. The van der Waals surface area contributed by atoms with Crippen molar-refractivity contribution in [3.05, 3.63) is 59.0 Å². The number of anilines is 2. The van der Waals surface area contributed by atoms with Gasteiger partial charge in [0.2, 0.25) is 0 Å². The molecule has 0 radical (unpaired) electrons. The molecule has 0 amide bonds. The smallest absolute Gasteiger partial charge is 0.263 e. The third-order valence-electron chi connectivity index (χ3n) is 6.53. The van der Waals surface area contributed by atoms with Crippen LogP contribution in [0.5, 0.6) is 0 Å². The van der Waals surface area contributed by atoms with E-state index in [0.717, 1.165) is 29.4 Å². The van der Waals surface area contributed by atoms with Gasteiger partial charge in [-0.25, -0.2) is 23.4 Å². The molecule has 1 saturated carbocycles. The molecule has 0 bridgehead atoms. The summed E-state index contributed by atoms with van der Waals surface area (Å²) in [5, 5.41) is 1.14. The van der Waals surface area contributed by atoms with Gasteiger partial charge in [0.15, 0.2) is 0 Å². The van der Waals surface area contributed by atoms with Crippen LogP contribution in [-0.4, -0.2) is 32.9 Å². The molecule has 6 rings (SSSR count). The number of nitrogen functional groups attached to an aromatic ring is 1. The van der Waals surface area contributed by atoms with Crippen LogP contribution >= 0.6 is 23.2 Å². The monoisotopic (exact) mass is 541 g/mol. The Bertz CT molecular complexity index is 1740. The first-order valence-corrected chi connectivity index (χ1v) is 13.6. The van der Waals surface area contributed by atoms with Crippen LogP contribution in [0.25, 0.3) is 33.5 Å². The summed E-state index contributed by atoms with van der Waals surface area (Å²) in [5.41, 5.74) is 9.56. The number of imidazole rings is 1. The Labute approximate surface area is 216 Å². The van der Waals surface area contributed by atoms with Crippen molar-refractivity contribution < 1.29 is 8.42 Å². The SMILES string of the molecule is Nc1ncnc2c1c(-c1nc3ccc(NS(=O)(=O)c4ccc(Cl)cc4Cl)cc3[nH]1)cn2C1CCCC1. The van der Waals surface area contributed by atoms with Crippen molar-refractivity contribution in [2.24, 2.45) is 0 Å². The largest absolute Gasteiger partial charge is 0.383 e. The van der Waals surface area contributed by atoms with Crippen molar-refractivity contribution in [3.63, 3.8) is 0 Å². The van der Waals surface area contributed by atoms with Crippen LogP contribution in [0.2, 0.25) is 10.0 Å². The zero-order chi connectivity index (χ0) is 25.0. The summed E-state index contributed by atoms with van der Waals surface area (Å²) in [6.07, 6.45) is 8.07. The molecule has 184 valence electrons. The Kier molecular flexibility index (Phi) is 5.55. The van der Waals surface area contributed by atoms with Gasteiger partial charge in [-0.05, 0) is 49.2 Å². The van der Waals surface area contributed by atoms with Crippen LogP contribution in [0.15, 0.2) is 53.8 Å². The molecule has 5 aromatic rings. The molecule has 1 aliphatic carbocycles. The minimum Gasteiger partial charge on any atom is -0.383 e. The summed E-state index contributed by atoms with van der Waals surface area (Å²) < 4.78 is 30.6. The molecule has 0 unspecified atom stereocenters. The van der Waals surface area contributed by atoms with Gasteiger partial charge < -0.3 is 15.3 Å². The zero-order valence-corrected chi connectivity index (χ0v) is 21.2. The Morgan fingerprint density at radius 3 is 2.67 bits per heavy atom. The number of hydrogen-bond donors (Lipinski definition) is 3. The summed E-state index contributed by atoms with van der Waals surface area (Å²) in [4.78, 5) is 16.7. The number of fused-ring (bicyclic) bond motifs is 2. The number of hydrogen-bond acceptors (Lipinski definition) is 6. The number of benzene rings is 2. The van der Waals surface area contributed by atoms with Crippen molar-refractivity contribution in [3.8, 4) is 11.4 Å². The molecule has 12 heteroatoms. The average molecular weight is 542 g/mol. The van der Waals surface area contributed by atoms with E-state index >= 15 is 0 Å². The molecule has 0 saturated heterocycles. The van der Waals surface area contributed by atoms with Gasteiger partial charge in [0.05, 0.1) is 27.1 Å². The lowest BCUT2D eigenvalue weighted by molar-refractivity contribution is 0.532. The van der Waals surface area contributed by atoms with E-state index < -0.39 is 10.0 Å². The van der Waals surface area contributed by atoms with Gasteiger partial charge in [0.1, 0.15) is 28.5 Å². The first-order chi connectivity index (χ1) is 17.3. The maximum atomic E-state index is 12.9. The fourth-order valence-electron chi connectivity index (χ4n) is 4.85. The lowest BCUT2D eigenvalue weighted by Crippen LogP contribution is -2.13. The molecule has 2 aromatic carbocycles. The fraction of sp³-hybridized carbons (Fsp3) is 0.208. The molecule has 0 aliphatic heterocycles. The van der Waals surface area contributed by atoms with E-state index in [1.165, 1.54) is 37.4 Å². The molecule has 4 N–H and O–H groups in total. The Hall–Kier alpha value is -3.34. The molecule has 0 spiro atoms. The molecule has 36 heavy (non-hydrogen) atoms. The summed E-state index contributed by atoms with van der Waals surface area (Å²) in [6.45, 7) is 0. The van der Waals surface area contributed by atoms with Crippen molar-refractivity contribution >= 4 is 66.8 Å². The summed E-state index contributed by atoms with van der Waals surface area (Å²) in [5.74, 6) is 0.995. The molecular weight excluding hydrogens is 521 g/mol. The van der Waals surface area contributed by atoms with Crippen LogP contribution in [0.1, 0.15) is 31.7 Å². The van der Waals surface area contributed by atoms with Crippen LogP contribution < -0.4 is 10.5 Å². The number of H-pyrrole nitrogens is 1. The van der Waals surface area contributed by atoms with Gasteiger partial charge in [-0.3, -0.25) is 4.72 Å². The average Bonchev–Trinajstić information content (AvgIpc) is 3.56. The van der Waals surface area contributed by atoms with E-state index in [1.54, 1.807) is 18.2 Å². The molecule has 3 heterocycles. The maximum absolute atomic E-state index is 12.9. The number of sulfonamides is 1. The topological polar surface area (TPSA) is 132 Å². The fourth-order valence-corrected chi connectivity index (χ4v) is 6.68. The van der Waals surface area contributed by atoms with E-state index in [9.17, 15) is 8.42 Å².